The van der Waals surface area contributed by atoms with Crippen LogP contribution >= 0.6 is 12.2 Å². The van der Waals surface area contributed by atoms with Crippen LogP contribution in [0.1, 0.15) is 38.7 Å². The van der Waals surface area contributed by atoms with E-state index in [0.29, 0.717) is 5.56 Å². The van der Waals surface area contributed by atoms with Gasteiger partial charge < -0.3 is 5.73 Å². The molecule has 110 valence electrons. The third-order valence-corrected chi connectivity index (χ3v) is 6.23. The van der Waals surface area contributed by atoms with Crippen molar-refractivity contribution in [2.75, 3.05) is 0 Å². The van der Waals surface area contributed by atoms with Crippen LogP contribution in [0.4, 0.5) is 0 Å². The van der Waals surface area contributed by atoms with Gasteiger partial charge in [-0.25, -0.2) is 8.42 Å². The fraction of sp³-hybridized carbons (Fsp3) is 0.500. The van der Waals surface area contributed by atoms with Crippen molar-refractivity contribution in [3.05, 3.63) is 29.8 Å². The summed E-state index contributed by atoms with van der Waals surface area (Å²) in [6.45, 7) is 3.91. The third-order valence-electron chi connectivity index (χ3n) is 3.82. The molecule has 1 aliphatic heterocycles. The fourth-order valence-corrected chi connectivity index (χ4v) is 5.21. The van der Waals surface area contributed by atoms with Crippen molar-refractivity contribution in [1.29, 1.82) is 0 Å². The summed E-state index contributed by atoms with van der Waals surface area (Å²) in [7, 11) is -3.57. The van der Waals surface area contributed by atoms with Crippen LogP contribution in [-0.4, -0.2) is 29.8 Å². The van der Waals surface area contributed by atoms with Gasteiger partial charge in [0.1, 0.15) is 4.99 Å². The number of nitrogens with two attached hydrogens (primary N) is 1. The van der Waals surface area contributed by atoms with Crippen LogP contribution in [-0.2, 0) is 10.0 Å². The SMILES string of the molecule is CC1CCCC(C)N1S(=O)(=O)c1ccccc1C(N)=S. The van der Waals surface area contributed by atoms with Gasteiger partial charge in [-0.15, -0.1) is 0 Å². The van der Waals surface area contributed by atoms with Gasteiger partial charge in [0.2, 0.25) is 10.0 Å². The molecule has 2 atom stereocenters. The Morgan fingerprint density at radius 3 is 2.35 bits per heavy atom. The lowest BCUT2D eigenvalue weighted by molar-refractivity contribution is 0.204. The number of nitrogens with zero attached hydrogens (tertiary/aromatic N) is 1. The molecule has 1 aromatic rings. The van der Waals surface area contributed by atoms with Gasteiger partial charge >= 0.3 is 0 Å². The van der Waals surface area contributed by atoms with Gasteiger partial charge in [-0.3, -0.25) is 0 Å². The number of rotatable bonds is 3. The first-order chi connectivity index (χ1) is 9.35. The summed E-state index contributed by atoms with van der Waals surface area (Å²) in [5.41, 5.74) is 6.08. The molecule has 2 rings (SSSR count). The van der Waals surface area contributed by atoms with E-state index >= 15 is 0 Å². The van der Waals surface area contributed by atoms with Crippen molar-refractivity contribution in [3.63, 3.8) is 0 Å². The van der Waals surface area contributed by atoms with Crippen LogP contribution in [0.25, 0.3) is 0 Å². The van der Waals surface area contributed by atoms with Crippen LogP contribution in [0.3, 0.4) is 0 Å². The molecule has 0 aromatic heterocycles. The molecule has 2 N–H and O–H groups in total. The molecule has 20 heavy (non-hydrogen) atoms. The minimum absolute atomic E-state index is 0.00292. The van der Waals surface area contributed by atoms with Crippen molar-refractivity contribution in [2.24, 2.45) is 5.73 Å². The average Bonchev–Trinajstić information content (AvgIpc) is 2.38. The highest BCUT2D eigenvalue weighted by Gasteiger charge is 2.36. The smallest absolute Gasteiger partial charge is 0.244 e. The normalized spacial score (nSPS) is 24.5. The summed E-state index contributed by atoms with van der Waals surface area (Å²) in [5.74, 6) is 0. The number of thiocarbonyl (C=S) groups is 1. The maximum atomic E-state index is 12.9. The first-order valence-electron chi connectivity index (χ1n) is 6.78. The van der Waals surface area contributed by atoms with Gasteiger partial charge in [-0.1, -0.05) is 36.8 Å². The molecule has 0 radical (unpaired) electrons. The molecular weight excluding hydrogens is 292 g/mol. The molecule has 4 nitrogen and oxygen atoms in total. The Hall–Kier alpha value is -0.980. The molecule has 0 saturated carbocycles. The molecule has 1 aromatic carbocycles. The van der Waals surface area contributed by atoms with E-state index < -0.39 is 10.0 Å². The van der Waals surface area contributed by atoms with Crippen molar-refractivity contribution in [1.82, 2.24) is 4.31 Å². The topological polar surface area (TPSA) is 63.4 Å². The van der Waals surface area contributed by atoms with Crippen LogP contribution in [0.15, 0.2) is 29.2 Å². The summed E-state index contributed by atoms with van der Waals surface area (Å²) in [6, 6.07) is 6.70. The summed E-state index contributed by atoms with van der Waals surface area (Å²) in [5, 5.41) is 0. The Labute approximate surface area is 126 Å². The van der Waals surface area contributed by atoms with Gasteiger partial charge in [0.25, 0.3) is 0 Å². The van der Waals surface area contributed by atoms with Crippen molar-refractivity contribution < 1.29 is 8.42 Å². The van der Waals surface area contributed by atoms with Crippen molar-refractivity contribution in [2.45, 2.75) is 50.1 Å². The van der Waals surface area contributed by atoms with Crippen LogP contribution in [0.2, 0.25) is 0 Å². The number of hydrogen-bond donors (Lipinski definition) is 1. The summed E-state index contributed by atoms with van der Waals surface area (Å²) < 4.78 is 27.5. The highest BCUT2D eigenvalue weighted by Crippen LogP contribution is 2.30. The van der Waals surface area contributed by atoms with E-state index in [0.717, 1.165) is 19.3 Å². The predicted molar refractivity (Wildman–Crippen MR) is 84.1 cm³/mol. The highest BCUT2D eigenvalue weighted by molar-refractivity contribution is 7.89. The van der Waals surface area contributed by atoms with E-state index in [4.69, 9.17) is 18.0 Å². The summed E-state index contributed by atoms with van der Waals surface area (Å²) >= 11 is 4.97. The Bertz CT molecular complexity index is 603. The van der Waals surface area contributed by atoms with Gasteiger partial charge in [-0.05, 0) is 32.8 Å². The Morgan fingerprint density at radius 1 is 1.25 bits per heavy atom. The lowest BCUT2D eigenvalue weighted by Crippen LogP contribution is -2.47. The van der Waals surface area contributed by atoms with Gasteiger partial charge in [0.15, 0.2) is 0 Å². The fourth-order valence-electron chi connectivity index (χ4n) is 2.88. The average molecular weight is 312 g/mol. The standard InChI is InChI=1S/C14H20N2O2S2/c1-10-6-5-7-11(2)16(10)20(17,18)13-9-4-3-8-12(13)14(15)19/h3-4,8-11H,5-7H2,1-2H3,(H2,15,19). The molecule has 6 heteroatoms. The number of sulfonamides is 1. The molecule has 1 saturated heterocycles. The Balaban J connectivity index is 2.52. The zero-order valence-corrected chi connectivity index (χ0v) is 13.4. The van der Waals surface area contributed by atoms with Gasteiger partial charge in [0.05, 0.1) is 4.90 Å². The van der Waals surface area contributed by atoms with E-state index in [2.05, 4.69) is 0 Å². The molecule has 0 bridgehead atoms. The molecule has 0 spiro atoms. The molecular formula is C14H20N2O2S2. The summed E-state index contributed by atoms with van der Waals surface area (Å²) in [6.07, 6.45) is 2.84. The second kappa shape index (κ2) is 5.79. The Morgan fingerprint density at radius 2 is 1.80 bits per heavy atom. The molecule has 0 aliphatic carbocycles. The molecule has 1 fully saturated rings. The largest absolute Gasteiger partial charge is 0.389 e. The van der Waals surface area contributed by atoms with Crippen molar-refractivity contribution >= 4 is 27.2 Å². The minimum Gasteiger partial charge on any atom is -0.389 e. The minimum atomic E-state index is -3.57. The van der Waals surface area contributed by atoms with Crippen LogP contribution in [0, 0.1) is 0 Å². The molecule has 1 heterocycles. The van der Waals surface area contributed by atoms with E-state index in [1.807, 2.05) is 13.8 Å². The van der Waals surface area contributed by atoms with Gasteiger partial charge in [0, 0.05) is 17.6 Å². The van der Waals surface area contributed by atoms with Crippen LogP contribution < -0.4 is 5.73 Å². The first-order valence-corrected chi connectivity index (χ1v) is 8.63. The number of hydrogen-bond acceptors (Lipinski definition) is 3. The lowest BCUT2D eigenvalue weighted by Gasteiger charge is -2.38. The molecule has 2 unspecified atom stereocenters. The maximum Gasteiger partial charge on any atom is 0.244 e. The number of piperidine rings is 1. The first kappa shape index (κ1) is 15.4. The van der Waals surface area contributed by atoms with Crippen LogP contribution in [0.5, 0.6) is 0 Å². The van der Waals surface area contributed by atoms with Gasteiger partial charge in [-0.2, -0.15) is 4.31 Å². The Kier molecular flexibility index (Phi) is 4.46. The van der Waals surface area contributed by atoms with E-state index in [9.17, 15) is 8.42 Å². The molecule has 1 aliphatic rings. The predicted octanol–water partition coefficient (Wildman–Crippen LogP) is 2.27. The third kappa shape index (κ3) is 2.73. The summed E-state index contributed by atoms with van der Waals surface area (Å²) in [4.78, 5) is 0.328. The second-order valence-electron chi connectivity index (χ2n) is 5.32. The van der Waals surface area contributed by atoms with E-state index in [1.54, 1.807) is 28.6 Å². The maximum absolute atomic E-state index is 12.9. The molecule has 0 amide bonds. The zero-order chi connectivity index (χ0) is 14.9. The van der Waals surface area contributed by atoms with E-state index in [-0.39, 0.29) is 22.0 Å². The monoisotopic (exact) mass is 312 g/mol. The quantitative estimate of drug-likeness (QED) is 0.870. The second-order valence-corrected chi connectivity index (χ2v) is 7.58. The lowest BCUT2D eigenvalue weighted by atomic mass is 10.0. The number of benzene rings is 1. The highest BCUT2D eigenvalue weighted by atomic mass is 32.2. The van der Waals surface area contributed by atoms with Crippen molar-refractivity contribution in [3.8, 4) is 0 Å². The van der Waals surface area contributed by atoms with E-state index in [1.165, 1.54) is 0 Å². The zero-order valence-electron chi connectivity index (χ0n) is 11.7.